The Bertz CT molecular complexity index is 1040. The van der Waals surface area contributed by atoms with Crippen molar-refractivity contribution in [3.63, 3.8) is 0 Å². The Morgan fingerprint density at radius 3 is 2.39 bits per heavy atom. The number of esters is 1. The van der Waals surface area contributed by atoms with Gasteiger partial charge in [-0.25, -0.2) is 4.79 Å². The van der Waals surface area contributed by atoms with Gasteiger partial charge in [0.05, 0.1) is 6.61 Å². The average Bonchev–Trinajstić information content (AvgIpc) is 2.71. The van der Waals surface area contributed by atoms with Crippen LogP contribution in [0.5, 0.6) is 5.75 Å². The van der Waals surface area contributed by atoms with Crippen molar-refractivity contribution < 1.29 is 14.6 Å². The number of phenols is 1. The number of phenolic OH excluding ortho intramolecular Hbond substituents is 1. The normalized spacial score (nSPS) is 29.7. The van der Waals surface area contributed by atoms with Gasteiger partial charge < -0.3 is 9.84 Å². The van der Waals surface area contributed by atoms with Gasteiger partial charge in [0.15, 0.2) is 0 Å². The van der Waals surface area contributed by atoms with E-state index in [0.717, 1.165) is 34.3 Å². The molecule has 0 aliphatic heterocycles. The van der Waals surface area contributed by atoms with E-state index in [-0.39, 0.29) is 11.4 Å². The van der Waals surface area contributed by atoms with Crippen LogP contribution in [0.1, 0.15) is 63.5 Å². The Morgan fingerprint density at radius 2 is 1.74 bits per heavy atom. The topological polar surface area (TPSA) is 46.5 Å². The molecule has 1 N–H and O–H groups in total. The molecule has 4 fully saturated rings. The van der Waals surface area contributed by atoms with E-state index in [2.05, 4.69) is 24.3 Å². The second-order valence-electron chi connectivity index (χ2n) is 10.1. The molecule has 4 aliphatic rings. The van der Waals surface area contributed by atoms with Gasteiger partial charge in [-0.15, -0.1) is 0 Å². The maximum absolute atomic E-state index is 11.6. The van der Waals surface area contributed by atoms with Crippen LogP contribution in [0.4, 0.5) is 0 Å². The maximum atomic E-state index is 11.6. The van der Waals surface area contributed by atoms with Crippen LogP contribution < -0.4 is 0 Å². The minimum atomic E-state index is -0.307. The van der Waals surface area contributed by atoms with E-state index in [1.165, 1.54) is 55.6 Å². The third-order valence-electron chi connectivity index (χ3n) is 7.76. The molecule has 0 unspecified atom stereocenters. The number of hydrogen-bond acceptors (Lipinski definition) is 3. The van der Waals surface area contributed by atoms with Gasteiger partial charge in [-0.2, -0.15) is 0 Å². The van der Waals surface area contributed by atoms with Crippen LogP contribution in [-0.4, -0.2) is 17.7 Å². The largest absolute Gasteiger partial charge is 0.508 e. The van der Waals surface area contributed by atoms with Crippen molar-refractivity contribution in [3.8, 4) is 5.75 Å². The highest BCUT2D eigenvalue weighted by molar-refractivity contribution is 5.88. The predicted octanol–water partition coefficient (Wildman–Crippen LogP) is 6.54. The maximum Gasteiger partial charge on any atom is 0.330 e. The van der Waals surface area contributed by atoms with Crippen molar-refractivity contribution in [3.05, 3.63) is 59.2 Å². The molecule has 3 heteroatoms. The Balaban J connectivity index is 1.45. The molecule has 0 atom stereocenters. The van der Waals surface area contributed by atoms with Crippen LogP contribution in [0.2, 0.25) is 0 Å². The van der Waals surface area contributed by atoms with Crippen LogP contribution >= 0.6 is 0 Å². The minimum Gasteiger partial charge on any atom is -0.508 e. The number of benzene rings is 2. The summed E-state index contributed by atoms with van der Waals surface area (Å²) in [4.78, 5) is 11.6. The smallest absolute Gasteiger partial charge is 0.330 e. The van der Waals surface area contributed by atoms with Crippen molar-refractivity contribution in [1.82, 2.24) is 0 Å². The van der Waals surface area contributed by atoms with Gasteiger partial charge in [-0.05, 0) is 116 Å². The third kappa shape index (κ3) is 3.91. The monoisotopic (exact) mass is 416 g/mol. The van der Waals surface area contributed by atoms with Gasteiger partial charge in [0.25, 0.3) is 0 Å². The number of fused-ring (bicyclic) bond motifs is 1. The zero-order valence-corrected chi connectivity index (χ0v) is 18.6. The summed E-state index contributed by atoms with van der Waals surface area (Å²) in [5, 5.41) is 13.2. The average molecular weight is 417 g/mol. The van der Waals surface area contributed by atoms with E-state index < -0.39 is 0 Å². The van der Waals surface area contributed by atoms with E-state index in [1.54, 1.807) is 0 Å². The Morgan fingerprint density at radius 1 is 1.06 bits per heavy atom. The SMILES string of the molecule is CCOC(=O)/C=C(C)/C=C/c1ccc2cc(O)c(C34CC5CC(CC(C5)C3)C4)cc2c1. The van der Waals surface area contributed by atoms with Gasteiger partial charge in [0, 0.05) is 11.6 Å². The Labute approximate surface area is 184 Å². The van der Waals surface area contributed by atoms with E-state index in [0.29, 0.717) is 12.4 Å². The molecule has 0 saturated heterocycles. The molecule has 4 bridgehead atoms. The van der Waals surface area contributed by atoms with Crippen LogP contribution in [0.3, 0.4) is 0 Å². The number of hydrogen-bond donors (Lipinski definition) is 1. The van der Waals surface area contributed by atoms with Crippen LogP contribution in [0.15, 0.2) is 48.1 Å². The molecule has 0 aromatic heterocycles. The molecule has 6 rings (SSSR count). The molecular weight excluding hydrogens is 384 g/mol. The molecule has 0 heterocycles. The quantitative estimate of drug-likeness (QED) is 0.342. The number of carbonyl (C=O) groups is 1. The molecule has 2 aromatic carbocycles. The number of ether oxygens (including phenoxy) is 1. The van der Waals surface area contributed by atoms with Crippen LogP contribution in [-0.2, 0) is 14.9 Å². The van der Waals surface area contributed by atoms with E-state index in [4.69, 9.17) is 4.74 Å². The second kappa shape index (κ2) is 7.85. The van der Waals surface area contributed by atoms with Gasteiger partial charge in [-0.3, -0.25) is 0 Å². The molecule has 4 aliphatic carbocycles. The van der Waals surface area contributed by atoms with E-state index in [1.807, 2.05) is 32.1 Å². The van der Waals surface area contributed by atoms with Crippen LogP contribution in [0, 0.1) is 17.8 Å². The fourth-order valence-corrected chi connectivity index (χ4v) is 6.92. The fourth-order valence-electron chi connectivity index (χ4n) is 6.92. The summed E-state index contributed by atoms with van der Waals surface area (Å²) in [7, 11) is 0. The fraction of sp³-hybridized carbons (Fsp3) is 0.464. The Hall–Kier alpha value is -2.55. The summed E-state index contributed by atoms with van der Waals surface area (Å²) in [6.07, 6.45) is 13.4. The lowest BCUT2D eigenvalue weighted by molar-refractivity contribution is -0.137. The predicted molar refractivity (Wildman–Crippen MR) is 125 cm³/mol. The molecule has 4 saturated carbocycles. The van der Waals surface area contributed by atoms with Crippen molar-refractivity contribution in [2.75, 3.05) is 6.61 Å². The first kappa shape index (κ1) is 20.4. The van der Waals surface area contributed by atoms with Gasteiger partial charge in [-0.1, -0.05) is 24.3 Å². The van der Waals surface area contributed by atoms with Crippen molar-refractivity contribution in [2.45, 2.75) is 57.8 Å². The molecule has 162 valence electrons. The lowest BCUT2D eigenvalue weighted by Crippen LogP contribution is -2.48. The first-order valence-corrected chi connectivity index (χ1v) is 11.7. The van der Waals surface area contributed by atoms with E-state index in [9.17, 15) is 9.90 Å². The second-order valence-corrected chi connectivity index (χ2v) is 10.1. The molecule has 0 radical (unpaired) electrons. The van der Waals surface area contributed by atoms with Gasteiger partial charge in [0.2, 0.25) is 0 Å². The van der Waals surface area contributed by atoms with Crippen molar-refractivity contribution in [1.29, 1.82) is 0 Å². The lowest BCUT2D eigenvalue weighted by atomic mass is 9.48. The molecule has 0 spiro atoms. The highest BCUT2D eigenvalue weighted by atomic mass is 16.5. The first-order chi connectivity index (χ1) is 14.9. The molecule has 2 aromatic rings. The summed E-state index contributed by atoms with van der Waals surface area (Å²) < 4.78 is 4.97. The zero-order chi connectivity index (χ0) is 21.6. The van der Waals surface area contributed by atoms with Crippen LogP contribution in [0.25, 0.3) is 16.8 Å². The standard InChI is InChI=1S/C28H32O3/c1-3-31-27(30)8-18(2)4-5-19-6-7-23-14-26(29)25(13-24(23)12-19)28-15-20-9-21(16-28)11-22(10-20)17-28/h4-8,12-14,20-22,29H,3,9-11,15-17H2,1-2H3/b5-4+,18-8+. The van der Waals surface area contributed by atoms with Gasteiger partial charge in [0.1, 0.15) is 5.75 Å². The first-order valence-electron chi connectivity index (χ1n) is 11.7. The highest BCUT2D eigenvalue weighted by Crippen LogP contribution is 2.62. The van der Waals surface area contributed by atoms with Crippen molar-refractivity contribution >= 4 is 22.8 Å². The summed E-state index contributed by atoms with van der Waals surface area (Å²) in [6.45, 7) is 4.09. The summed E-state index contributed by atoms with van der Waals surface area (Å²) in [5.41, 5.74) is 3.31. The van der Waals surface area contributed by atoms with E-state index >= 15 is 0 Å². The summed E-state index contributed by atoms with van der Waals surface area (Å²) in [6, 6.07) is 10.5. The number of aromatic hydroxyl groups is 1. The zero-order valence-electron chi connectivity index (χ0n) is 18.6. The molecule has 31 heavy (non-hydrogen) atoms. The summed E-state index contributed by atoms with van der Waals surface area (Å²) in [5.74, 6) is 2.73. The summed E-state index contributed by atoms with van der Waals surface area (Å²) >= 11 is 0. The third-order valence-corrected chi connectivity index (χ3v) is 7.76. The molecule has 0 amide bonds. The highest BCUT2D eigenvalue weighted by Gasteiger charge is 2.52. The molecular formula is C28H32O3. The lowest BCUT2D eigenvalue weighted by Gasteiger charge is -2.57. The minimum absolute atomic E-state index is 0.178. The number of carbonyl (C=O) groups excluding carboxylic acids is 1. The number of rotatable bonds is 5. The number of allylic oxidation sites excluding steroid dienone is 2. The molecule has 3 nitrogen and oxygen atoms in total. The van der Waals surface area contributed by atoms with Crippen molar-refractivity contribution in [2.24, 2.45) is 17.8 Å². The Kier molecular flexibility index (Phi) is 5.16. The van der Waals surface area contributed by atoms with Gasteiger partial charge >= 0.3 is 5.97 Å².